The number of thiazole rings is 1. The molecule has 0 radical (unpaired) electrons. The van der Waals surface area contributed by atoms with Crippen LogP contribution in [0.1, 0.15) is 37.4 Å². The number of hydrogen-bond donors (Lipinski definition) is 1. The van der Waals surface area contributed by atoms with Gasteiger partial charge in [-0.3, -0.25) is 9.59 Å². The number of carbonyl (C=O) groups excluding carboxylic acids is 1. The Kier molecular flexibility index (Phi) is 4.54. The maximum absolute atomic E-state index is 12.4. The Morgan fingerprint density at radius 2 is 1.96 bits per heavy atom. The fourth-order valence-corrected chi connectivity index (χ4v) is 3.83. The molecule has 24 heavy (non-hydrogen) atoms. The van der Waals surface area contributed by atoms with E-state index in [9.17, 15) is 14.7 Å². The number of hydrogen-bond acceptors (Lipinski definition) is 4. The van der Waals surface area contributed by atoms with Gasteiger partial charge in [-0.05, 0) is 32.6 Å². The zero-order chi connectivity index (χ0) is 17.3. The lowest BCUT2D eigenvalue weighted by molar-refractivity contribution is -0.151. The summed E-state index contributed by atoms with van der Waals surface area (Å²) in [5, 5.41) is 12.2. The Labute approximate surface area is 145 Å². The van der Waals surface area contributed by atoms with Crippen LogP contribution in [0, 0.1) is 18.3 Å². The highest BCUT2D eigenvalue weighted by Crippen LogP contribution is 2.48. The van der Waals surface area contributed by atoms with E-state index in [2.05, 4.69) is 4.98 Å². The van der Waals surface area contributed by atoms with Gasteiger partial charge in [-0.2, -0.15) is 0 Å². The summed E-state index contributed by atoms with van der Waals surface area (Å²) in [4.78, 5) is 28.4. The second kappa shape index (κ2) is 6.48. The van der Waals surface area contributed by atoms with Crippen LogP contribution < -0.4 is 0 Å². The van der Waals surface area contributed by atoms with Crippen LogP contribution in [0.2, 0.25) is 0 Å². The van der Waals surface area contributed by atoms with E-state index in [-0.39, 0.29) is 24.5 Å². The predicted octanol–water partition coefficient (Wildman–Crippen LogP) is 4.12. The maximum atomic E-state index is 12.4. The molecular weight excluding hydrogens is 322 g/mol. The van der Waals surface area contributed by atoms with E-state index in [1.807, 2.05) is 36.6 Å². The highest BCUT2D eigenvalue weighted by molar-refractivity contribution is 7.13. The van der Waals surface area contributed by atoms with E-state index in [0.717, 1.165) is 29.1 Å². The number of nitrogens with zero attached hydrogens (tertiary/aromatic N) is 1. The topological polar surface area (TPSA) is 67.3 Å². The number of carboxylic acid groups (broad SMARTS) is 1. The van der Waals surface area contributed by atoms with Gasteiger partial charge in [0, 0.05) is 23.8 Å². The summed E-state index contributed by atoms with van der Waals surface area (Å²) < 4.78 is 0. The minimum absolute atomic E-state index is 0.0486. The molecule has 0 bridgehead atoms. The third-order valence-electron chi connectivity index (χ3n) is 4.76. The molecule has 5 heteroatoms. The van der Waals surface area contributed by atoms with Gasteiger partial charge in [0.1, 0.15) is 10.8 Å². The van der Waals surface area contributed by atoms with Gasteiger partial charge >= 0.3 is 5.97 Å². The van der Waals surface area contributed by atoms with Crippen LogP contribution in [0.5, 0.6) is 0 Å². The van der Waals surface area contributed by atoms with Crippen LogP contribution in [0.4, 0.5) is 0 Å². The summed E-state index contributed by atoms with van der Waals surface area (Å²) in [7, 11) is 0. The number of Topliss-reactive ketones (excluding diaryl/α,β-unsaturated/α-hetero) is 1. The van der Waals surface area contributed by atoms with Crippen molar-refractivity contribution < 1.29 is 14.7 Å². The molecular formula is C19H21NO3S. The molecule has 1 aromatic carbocycles. The predicted molar refractivity (Wildman–Crippen MR) is 94.1 cm³/mol. The van der Waals surface area contributed by atoms with E-state index in [0.29, 0.717) is 0 Å². The molecule has 4 nitrogen and oxygen atoms in total. The van der Waals surface area contributed by atoms with Crippen molar-refractivity contribution in [3.63, 3.8) is 0 Å². The summed E-state index contributed by atoms with van der Waals surface area (Å²) in [6, 6.07) is 8.12. The number of ketones is 1. The van der Waals surface area contributed by atoms with Crippen molar-refractivity contribution in [2.24, 2.45) is 11.3 Å². The molecule has 126 valence electrons. The lowest BCUT2D eigenvalue weighted by Crippen LogP contribution is -2.33. The molecule has 2 aromatic rings. The molecule has 1 aliphatic carbocycles. The van der Waals surface area contributed by atoms with Gasteiger partial charge < -0.3 is 5.11 Å². The number of aromatic nitrogens is 1. The molecule has 1 aromatic heterocycles. The first-order chi connectivity index (χ1) is 11.4. The molecule has 0 saturated heterocycles. The van der Waals surface area contributed by atoms with Gasteiger partial charge in [0.05, 0.1) is 11.1 Å². The summed E-state index contributed by atoms with van der Waals surface area (Å²) in [6.45, 7) is 3.73. The number of benzene rings is 1. The van der Waals surface area contributed by atoms with Crippen LogP contribution in [0.25, 0.3) is 10.6 Å². The molecule has 1 unspecified atom stereocenters. The number of aryl methyl sites for hydroxylation is 1. The Balaban J connectivity index is 1.67. The first-order valence-electron chi connectivity index (χ1n) is 8.15. The summed E-state index contributed by atoms with van der Waals surface area (Å²) in [6.07, 6.45) is 2.11. The minimum atomic E-state index is -0.924. The SMILES string of the molecule is Cc1ccc(-c2nc(CC(=O)CC(C)(C(=O)O)C3CC3)cs2)cc1. The molecule has 1 aliphatic rings. The fraction of sp³-hybridized carbons (Fsp3) is 0.421. The maximum Gasteiger partial charge on any atom is 0.310 e. The van der Waals surface area contributed by atoms with Gasteiger partial charge in [0.2, 0.25) is 0 Å². The van der Waals surface area contributed by atoms with Crippen LogP contribution in [0.3, 0.4) is 0 Å². The van der Waals surface area contributed by atoms with Crippen molar-refractivity contribution >= 4 is 23.1 Å². The second-order valence-corrected chi connectivity index (χ2v) is 7.76. The Hall–Kier alpha value is -2.01. The van der Waals surface area contributed by atoms with Crippen LogP contribution in [-0.2, 0) is 16.0 Å². The summed E-state index contributed by atoms with van der Waals surface area (Å²) in [5.41, 5.74) is 2.04. The Bertz CT molecular complexity index is 761. The van der Waals surface area contributed by atoms with E-state index < -0.39 is 11.4 Å². The lowest BCUT2D eigenvalue weighted by atomic mass is 9.79. The number of rotatable bonds is 7. The summed E-state index contributed by atoms with van der Waals surface area (Å²) >= 11 is 1.51. The van der Waals surface area contributed by atoms with Crippen LogP contribution in [0.15, 0.2) is 29.6 Å². The Morgan fingerprint density at radius 3 is 2.54 bits per heavy atom. The van der Waals surface area contributed by atoms with Gasteiger partial charge in [-0.15, -0.1) is 11.3 Å². The van der Waals surface area contributed by atoms with Crippen molar-refractivity contribution in [3.05, 3.63) is 40.9 Å². The monoisotopic (exact) mass is 343 g/mol. The normalized spacial score (nSPS) is 16.6. The van der Waals surface area contributed by atoms with Crippen molar-refractivity contribution in [2.75, 3.05) is 0 Å². The van der Waals surface area contributed by atoms with E-state index >= 15 is 0 Å². The quantitative estimate of drug-likeness (QED) is 0.821. The van der Waals surface area contributed by atoms with Crippen LogP contribution >= 0.6 is 11.3 Å². The third-order valence-corrected chi connectivity index (χ3v) is 5.70. The molecule has 3 rings (SSSR count). The molecule has 1 heterocycles. The first kappa shape index (κ1) is 16.8. The third kappa shape index (κ3) is 3.56. The molecule has 1 saturated carbocycles. The number of carboxylic acids is 1. The van der Waals surface area contributed by atoms with Crippen molar-refractivity contribution in [1.82, 2.24) is 4.98 Å². The second-order valence-electron chi connectivity index (χ2n) is 6.90. The molecule has 1 atom stereocenters. The number of aliphatic carboxylic acids is 1. The van der Waals surface area contributed by atoms with E-state index in [4.69, 9.17) is 0 Å². The molecule has 0 spiro atoms. The highest BCUT2D eigenvalue weighted by atomic mass is 32.1. The number of carbonyl (C=O) groups is 2. The van der Waals surface area contributed by atoms with Crippen LogP contribution in [-0.4, -0.2) is 21.8 Å². The van der Waals surface area contributed by atoms with Gasteiger partial charge in [0.25, 0.3) is 0 Å². The zero-order valence-corrected chi connectivity index (χ0v) is 14.7. The lowest BCUT2D eigenvalue weighted by Gasteiger charge is -2.23. The van der Waals surface area contributed by atoms with Crippen molar-refractivity contribution in [2.45, 2.75) is 39.5 Å². The highest BCUT2D eigenvalue weighted by Gasteiger charge is 2.48. The fourth-order valence-electron chi connectivity index (χ4n) is 3.01. The smallest absolute Gasteiger partial charge is 0.310 e. The molecule has 0 aliphatic heterocycles. The van der Waals surface area contributed by atoms with Gasteiger partial charge in [-0.1, -0.05) is 29.8 Å². The zero-order valence-electron chi connectivity index (χ0n) is 13.9. The molecule has 1 fully saturated rings. The van der Waals surface area contributed by atoms with E-state index in [1.165, 1.54) is 16.9 Å². The molecule has 1 N–H and O–H groups in total. The Morgan fingerprint density at radius 1 is 1.29 bits per heavy atom. The average molecular weight is 343 g/mol. The standard InChI is InChI=1S/C19H21NO3S/c1-12-3-5-13(6-4-12)17-20-15(11-24-17)9-16(21)10-19(2,18(22)23)14-7-8-14/h3-6,11,14H,7-10H2,1-2H3,(H,22,23). The largest absolute Gasteiger partial charge is 0.481 e. The summed E-state index contributed by atoms with van der Waals surface area (Å²) in [5.74, 6) is -0.776. The van der Waals surface area contributed by atoms with E-state index in [1.54, 1.807) is 6.92 Å². The van der Waals surface area contributed by atoms with Crippen molar-refractivity contribution in [3.8, 4) is 10.6 Å². The van der Waals surface area contributed by atoms with Crippen molar-refractivity contribution in [1.29, 1.82) is 0 Å². The van der Waals surface area contributed by atoms with Gasteiger partial charge in [-0.25, -0.2) is 4.98 Å². The first-order valence-corrected chi connectivity index (χ1v) is 9.03. The average Bonchev–Trinajstić information content (AvgIpc) is 3.29. The van der Waals surface area contributed by atoms with Gasteiger partial charge in [0.15, 0.2) is 0 Å². The minimum Gasteiger partial charge on any atom is -0.481 e. The molecule has 0 amide bonds.